The van der Waals surface area contributed by atoms with E-state index in [2.05, 4.69) is 10.4 Å². The van der Waals surface area contributed by atoms with Gasteiger partial charge >= 0.3 is 5.97 Å². The van der Waals surface area contributed by atoms with Gasteiger partial charge in [-0.1, -0.05) is 0 Å². The second-order valence-corrected chi connectivity index (χ2v) is 3.34. The Morgan fingerprint density at radius 2 is 2.44 bits per heavy atom. The average Bonchev–Trinajstić information content (AvgIpc) is 2.83. The Hall–Kier alpha value is -2.24. The summed E-state index contributed by atoms with van der Waals surface area (Å²) in [6, 6.07) is 2.99. The van der Waals surface area contributed by atoms with Crippen LogP contribution >= 0.6 is 0 Å². The van der Waals surface area contributed by atoms with Crippen LogP contribution in [-0.4, -0.2) is 20.9 Å². The van der Waals surface area contributed by atoms with Gasteiger partial charge in [-0.3, -0.25) is 4.68 Å². The molecule has 0 saturated carbocycles. The number of hydrogen-bond acceptors (Lipinski definition) is 4. The molecule has 2 aromatic rings. The van der Waals surface area contributed by atoms with Crippen LogP contribution in [0.3, 0.4) is 0 Å². The van der Waals surface area contributed by atoms with Crippen LogP contribution in [0.1, 0.15) is 16.1 Å². The number of nitrogens with one attached hydrogen (secondary N) is 1. The molecule has 2 N–H and O–H groups in total. The minimum absolute atomic E-state index is 0.0753. The summed E-state index contributed by atoms with van der Waals surface area (Å²) in [5.74, 6) is -0.718. The lowest BCUT2D eigenvalue weighted by atomic mass is 10.3. The van der Waals surface area contributed by atoms with Crippen LogP contribution in [0.5, 0.6) is 0 Å². The van der Waals surface area contributed by atoms with E-state index in [0.717, 1.165) is 5.56 Å². The molecule has 0 spiro atoms. The fourth-order valence-electron chi connectivity index (χ4n) is 1.30. The summed E-state index contributed by atoms with van der Waals surface area (Å²) in [6.45, 7) is 0.542. The first kappa shape index (κ1) is 10.3. The van der Waals surface area contributed by atoms with Crippen molar-refractivity contribution >= 4 is 11.9 Å². The molecule has 0 aliphatic rings. The highest BCUT2D eigenvalue weighted by Gasteiger charge is 2.08. The maximum atomic E-state index is 10.6. The maximum absolute atomic E-state index is 10.6. The normalized spacial score (nSPS) is 10.3. The average molecular weight is 221 g/mol. The second-order valence-electron chi connectivity index (χ2n) is 3.34. The van der Waals surface area contributed by atoms with Crippen LogP contribution in [0.25, 0.3) is 0 Å². The highest BCUT2D eigenvalue weighted by molar-refractivity contribution is 5.84. The fraction of sp³-hybridized carbons (Fsp3) is 0.200. The molecule has 0 saturated heterocycles. The molecule has 84 valence electrons. The molecule has 0 bridgehead atoms. The molecule has 0 unspecified atom stereocenters. The standard InChI is InChI=1S/C10H11N3O3/c1-13-6-7(5-12-13)4-11-9-3-2-8(16-9)10(14)15/h2-3,5-6,11H,4H2,1H3,(H,14,15). The van der Waals surface area contributed by atoms with Crippen molar-refractivity contribution in [1.29, 1.82) is 0 Å². The van der Waals surface area contributed by atoms with Gasteiger partial charge in [0.25, 0.3) is 0 Å². The predicted octanol–water partition coefficient (Wildman–Crippen LogP) is 1.32. The van der Waals surface area contributed by atoms with Gasteiger partial charge in [-0.2, -0.15) is 5.10 Å². The Labute approximate surface area is 91.5 Å². The van der Waals surface area contributed by atoms with E-state index in [9.17, 15) is 4.79 Å². The summed E-state index contributed by atoms with van der Waals surface area (Å²) in [4.78, 5) is 10.6. The molecule has 6 nitrogen and oxygen atoms in total. The van der Waals surface area contributed by atoms with Gasteiger partial charge in [-0.15, -0.1) is 0 Å². The van der Waals surface area contributed by atoms with Gasteiger partial charge in [0.05, 0.1) is 6.20 Å². The Morgan fingerprint density at radius 3 is 3.00 bits per heavy atom. The number of anilines is 1. The summed E-state index contributed by atoms with van der Waals surface area (Å²) in [5, 5.41) is 15.6. The summed E-state index contributed by atoms with van der Waals surface area (Å²) < 4.78 is 6.73. The molecule has 16 heavy (non-hydrogen) atoms. The number of aryl methyl sites for hydroxylation is 1. The maximum Gasteiger partial charge on any atom is 0.371 e. The van der Waals surface area contributed by atoms with Gasteiger partial charge < -0.3 is 14.8 Å². The van der Waals surface area contributed by atoms with Gasteiger partial charge in [0.15, 0.2) is 5.88 Å². The van der Waals surface area contributed by atoms with Crippen molar-refractivity contribution in [3.63, 3.8) is 0 Å². The van der Waals surface area contributed by atoms with Crippen LogP contribution in [0.4, 0.5) is 5.88 Å². The molecule has 6 heteroatoms. The van der Waals surface area contributed by atoms with Crippen molar-refractivity contribution < 1.29 is 14.3 Å². The van der Waals surface area contributed by atoms with Gasteiger partial charge in [-0.25, -0.2) is 4.79 Å². The zero-order valence-corrected chi connectivity index (χ0v) is 8.67. The topological polar surface area (TPSA) is 80.3 Å². The third kappa shape index (κ3) is 2.22. The number of furan rings is 1. The SMILES string of the molecule is Cn1cc(CNc2ccc(C(=O)O)o2)cn1. The zero-order valence-electron chi connectivity index (χ0n) is 8.67. The van der Waals surface area contributed by atoms with Crippen molar-refractivity contribution in [2.45, 2.75) is 6.54 Å². The molecule has 0 atom stereocenters. The van der Waals surface area contributed by atoms with Crippen LogP contribution in [0, 0.1) is 0 Å². The van der Waals surface area contributed by atoms with E-state index in [1.165, 1.54) is 6.07 Å². The molecule has 0 aromatic carbocycles. The lowest BCUT2D eigenvalue weighted by Crippen LogP contribution is -1.97. The number of nitrogens with zero attached hydrogens (tertiary/aromatic N) is 2. The van der Waals surface area contributed by atoms with E-state index in [1.807, 2.05) is 13.2 Å². The largest absolute Gasteiger partial charge is 0.475 e. The second kappa shape index (κ2) is 4.09. The van der Waals surface area contributed by atoms with Crippen molar-refractivity contribution in [2.75, 3.05) is 5.32 Å². The lowest BCUT2D eigenvalue weighted by molar-refractivity contribution is 0.0663. The van der Waals surface area contributed by atoms with Crippen LogP contribution in [0.15, 0.2) is 28.9 Å². The fourth-order valence-corrected chi connectivity index (χ4v) is 1.30. The van der Waals surface area contributed by atoms with Crippen molar-refractivity contribution in [1.82, 2.24) is 9.78 Å². The van der Waals surface area contributed by atoms with E-state index in [-0.39, 0.29) is 5.76 Å². The molecule has 0 aliphatic carbocycles. The monoisotopic (exact) mass is 221 g/mol. The zero-order chi connectivity index (χ0) is 11.5. The van der Waals surface area contributed by atoms with Crippen molar-refractivity contribution in [3.05, 3.63) is 35.9 Å². The smallest absolute Gasteiger partial charge is 0.371 e. The van der Waals surface area contributed by atoms with E-state index in [1.54, 1.807) is 16.9 Å². The van der Waals surface area contributed by atoms with Gasteiger partial charge in [-0.05, 0) is 6.07 Å². The summed E-state index contributed by atoms with van der Waals surface area (Å²) >= 11 is 0. The van der Waals surface area contributed by atoms with E-state index >= 15 is 0 Å². The Bertz CT molecular complexity index is 501. The minimum atomic E-state index is -1.07. The molecule has 0 amide bonds. The summed E-state index contributed by atoms with van der Waals surface area (Å²) in [7, 11) is 1.83. The highest BCUT2D eigenvalue weighted by Crippen LogP contribution is 2.14. The molecular formula is C10H11N3O3. The molecule has 0 fully saturated rings. The van der Waals surface area contributed by atoms with Crippen LogP contribution < -0.4 is 5.32 Å². The van der Waals surface area contributed by atoms with Crippen LogP contribution in [0.2, 0.25) is 0 Å². The number of carboxylic acids is 1. The first-order chi connectivity index (χ1) is 7.65. The first-order valence-electron chi connectivity index (χ1n) is 4.69. The predicted molar refractivity (Wildman–Crippen MR) is 56.2 cm³/mol. The van der Waals surface area contributed by atoms with Gasteiger partial charge in [0.1, 0.15) is 0 Å². The first-order valence-corrected chi connectivity index (χ1v) is 4.69. The molecule has 2 aromatic heterocycles. The molecule has 0 radical (unpaired) electrons. The third-order valence-electron chi connectivity index (χ3n) is 2.04. The molecule has 0 aliphatic heterocycles. The van der Waals surface area contributed by atoms with Crippen molar-refractivity contribution in [3.8, 4) is 0 Å². The number of hydrogen-bond donors (Lipinski definition) is 2. The highest BCUT2D eigenvalue weighted by atomic mass is 16.4. The van der Waals surface area contributed by atoms with Crippen LogP contribution in [-0.2, 0) is 13.6 Å². The Kier molecular flexibility index (Phi) is 2.63. The number of carbonyl (C=O) groups is 1. The van der Waals surface area contributed by atoms with Gasteiger partial charge in [0, 0.05) is 31.4 Å². The van der Waals surface area contributed by atoms with E-state index < -0.39 is 5.97 Å². The Morgan fingerprint density at radius 1 is 1.62 bits per heavy atom. The number of aromatic carboxylic acids is 1. The van der Waals surface area contributed by atoms with Gasteiger partial charge in [0.2, 0.25) is 5.76 Å². The summed E-state index contributed by atoms with van der Waals surface area (Å²) in [6.07, 6.45) is 3.60. The lowest BCUT2D eigenvalue weighted by Gasteiger charge is -1.98. The Balaban J connectivity index is 1.97. The third-order valence-corrected chi connectivity index (χ3v) is 2.04. The van der Waals surface area contributed by atoms with E-state index in [4.69, 9.17) is 9.52 Å². The number of aromatic nitrogens is 2. The number of rotatable bonds is 4. The van der Waals surface area contributed by atoms with E-state index in [0.29, 0.717) is 12.4 Å². The minimum Gasteiger partial charge on any atom is -0.475 e. The summed E-state index contributed by atoms with van der Waals surface area (Å²) in [5.41, 5.74) is 0.996. The quantitative estimate of drug-likeness (QED) is 0.813. The molecule has 2 rings (SSSR count). The van der Waals surface area contributed by atoms with Crippen molar-refractivity contribution in [2.24, 2.45) is 7.05 Å². The molecular weight excluding hydrogens is 210 g/mol. The molecule has 2 heterocycles. The number of carboxylic acid groups (broad SMARTS) is 1.